The van der Waals surface area contributed by atoms with Gasteiger partial charge in [-0.2, -0.15) is 0 Å². The molecule has 1 N–H and O–H groups in total. The van der Waals surface area contributed by atoms with E-state index in [4.69, 9.17) is 4.74 Å². The lowest BCUT2D eigenvalue weighted by Crippen LogP contribution is -2.21. The smallest absolute Gasteiger partial charge is 0.331 e. The first-order chi connectivity index (χ1) is 12.0. The van der Waals surface area contributed by atoms with Crippen LogP contribution in [0.4, 0.5) is 10.1 Å². The molecule has 0 unspecified atom stereocenters. The molecule has 0 aliphatic carbocycles. The van der Waals surface area contributed by atoms with Crippen LogP contribution in [0.3, 0.4) is 0 Å². The highest BCUT2D eigenvalue weighted by molar-refractivity contribution is 5.95. The van der Waals surface area contributed by atoms with Gasteiger partial charge in [0.15, 0.2) is 6.61 Å². The van der Waals surface area contributed by atoms with E-state index in [-0.39, 0.29) is 18.3 Å². The Morgan fingerprint density at radius 1 is 1.12 bits per heavy atom. The van der Waals surface area contributed by atoms with Crippen molar-refractivity contribution in [1.82, 2.24) is 0 Å². The minimum absolute atomic E-state index is 0.262. The summed E-state index contributed by atoms with van der Waals surface area (Å²) >= 11 is 0. The number of ether oxygens (including phenoxy) is 1. The van der Waals surface area contributed by atoms with E-state index in [1.807, 2.05) is 38.1 Å². The largest absolute Gasteiger partial charge is 0.452 e. The van der Waals surface area contributed by atoms with Crippen molar-refractivity contribution >= 4 is 23.6 Å². The SMILES string of the molecule is CC(C)c1ccccc1NC(=O)COC(=O)C=Cc1ccc(F)cc1. The zero-order valence-corrected chi connectivity index (χ0v) is 14.2. The van der Waals surface area contributed by atoms with Crippen molar-refractivity contribution in [3.05, 3.63) is 71.6 Å². The summed E-state index contributed by atoms with van der Waals surface area (Å²) in [6.45, 7) is 3.69. The molecule has 4 nitrogen and oxygen atoms in total. The summed E-state index contributed by atoms with van der Waals surface area (Å²) in [6.07, 6.45) is 2.69. The van der Waals surface area contributed by atoms with E-state index in [1.165, 1.54) is 36.4 Å². The number of nitrogens with one attached hydrogen (secondary N) is 1. The van der Waals surface area contributed by atoms with Gasteiger partial charge >= 0.3 is 5.97 Å². The molecular weight excluding hydrogens is 321 g/mol. The fraction of sp³-hybridized carbons (Fsp3) is 0.200. The number of para-hydroxylation sites is 1. The maximum absolute atomic E-state index is 12.8. The van der Waals surface area contributed by atoms with Crippen LogP contribution in [-0.4, -0.2) is 18.5 Å². The highest BCUT2D eigenvalue weighted by Gasteiger charge is 2.10. The van der Waals surface area contributed by atoms with Crippen LogP contribution in [0.5, 0.6) is 0 Å². The Kier molecular flexibility index (Phi) is 6.46. The van der Waals surface area contributed by atoms with Gasteiger partial charge in [0.05, 0.1) is 0 Å². The van der Waals surface area contributed by atoms with Gasteiger partial charge in [0.2, 0.25) is 0 Å². The molecule has 0 radical (unpaired) electrons. The fourth-order valence-corrected chi connectivity index (χ4v) is 2.22. The molecule has 0 atom stereocenters. The minimum atomic E-state index is -0.642. The summed E-state index contributed by atoms with van der Waals surface area (Å²) in [5.41, 5.74) is 2.38. The fourth-order valence-electron chi connectivity index (χ4n) is 2.22. The molecule has 1 amide bonds. The zero-order chi connectivity index (χ0) is 18.2. The third kappa shape index (κ3) is 5.88. The zero-order valence-electron chi connectivity index (χ0n) is 14.2. The Hall–Kier alpha value is -2.95. The predicted molar refractivity (Wildman–Crippen MR) is 95.6 cm³/mol. The molecule has 0 fully saturated rings. The summed E-state index contributed by atoms with van der Waals surface area (Å²) in [6, 6.07) is 13.2. The summed E-state index contributed by atoms with van der Waals surface area (Å²) in [5, 5.41) is 2.75. The lowest BCUT2D eigenvalue weighted by atomic mass is 10.0. The third-order valence-corrected chi connectivity index (χ3v) is 3.48. The van der Waals surface area contributed by atoms with Gasteiger partial charge in [0.25, 0.3) is 5.91 Å². The van der Waals surface area contributed by atoms with Crippen LogP contribution < -0.4 is 5.32 Å². The van der Waals surface area contributed by atoms with Crippen molar-refractivity contribution in [2.45, 2.75) is 19.8 Å². The summed E-state index contributed by atoms with van der Waals surface area (Å²) in [7, 11) is 0. The Morgan fingerprint density at radius 2 is 1.80 bits per heavy atom. The topological polar surface area (TPSA) is 55.4 Å². The van der Waals surface area contributed by atoms with Gasteiger partial charge in [0.1, 0.15) is 5.82 Å². The Bertz CT molecular complexity index is 767. The van der Waals surface area contributed by atoms with Gasteiger partial charge in [-0.05, 0) is 41.3 Å². The highest BCUT2D eigenvalue weighted by atomic mass is 19.1. The van der Waals surface area contributed by atoms with Crippen molar-refractivity contribution in [3.63, 3.8) is 0 Å². The molecule has 0 saturated heterocycles. The molecule has 2 aromatic rings. The standard InChI is InChI=1S/C20H20FNO3/c1-14(2)17-5-3-4-6-18(17)22-19(23)13-25-20(24)12-9-15-7-10-16(21)11-8-15/h3-12,14H,13H2,1-2H3,(H,22,23). The molecule has 0 aliphatic heterocycles. The molecule has 0 saturated carbocycles. The maximum atomic E-state index is 12.8. The number of anilines is 1. The number of carbonyl (C=O) groups is 2. The predicted octanol–water partition coefficient (Wildman–Crippen LogP) is 4.14. The summed E-state index contributed by atoms with van der Waals surface area (Å²) in [5.74, 6) is -1.14. The second kappa shape index (κ2) is 8.78. The molecule has 0 aliphatic rings. The third-order valence-electron chi connectivity index (χ3n) is 3.48. The molecule has 2 aromatic carbocycles. The summed E-state index contributed by atoms with van der Waals surface area (Å²) < 4.78 is 17.7. The van der Waals surface area contributed by atoms with Crippen molar-refractivity contribution in [2.75, 3.05) is 11.9 Å². The molecule has 130 valence electrons. The van der Waals surface area contributed by atoms with E-state index < -0.39 is 11.9 Å². The first kappa shape index (κ1) is 18.4. The Balaban J connectivity index is 1.85. The first-order valence-electron chi connectivity index (χ1n) is 7.95. The van der Waals surface area contributed by atoms with Crippen LogP contribution in [0, 0.1) is 5.82 Å². The van der Waals surface area contributed by atoms with Gasteiger partial charge in [-0.15, -0.1) is 0 Å². The number of halogens is 1. The molecule has 0 heterocycles. The van der Waals surface area contributed by atoms with Crippen molar-refractivity contribution in [3.8, 4) is 0 Å². The number of carbonyl (C=O) groups excluding carboxylic acids is 2. The molecule has 0 aromatic heterocycles. The van der Waals surface area contributed by atoms with E-state index in [2.05, 4.69) is 5.32 Å². The van der Waals surface area contributed by atoms with E-state index in [0.29, 0.717) is 11.3 Å². The van der Waals surface area contributed by atoms with Crippen LogP contribution in [-0.2, 0) is 14.3 Å². The molecule has 2 rings (SSSR count). The average molecular weight is 341 g/mol. The molecule has 0 spiro atoms. The maximum Gasteiger partial charge on any atom is 0.331 e. The van der Waals surface area contributed by atoms with Crippen molar-refractivity contribution < 1.29 is 18.7 Å². The normalized spacial score (nSPS) is 10.9. The van der Waals surface area contributed by atoms with Gasteiger partial charge in [-0.1, -0.05) is 44.2 Å². The van der Waals surface area contributed by atoms with E-state index in [0.717, 1.165) is 5.56 Å². The van der Waals surface area contributed by atoms with Gasteiger partial charge in [-0.3, -0.25) is 4.79 Å². The van der Waals surface area contributed by atoms with Crippen LogP contribution in [0.25, 0.3) is 6.08 Å². The van der Waals surface area contributed by atoms with E-state index >= 15 is 0 Å². The van der Waals surface area contributed by atoms with Crippen LogP contribution in [0.1, 0.15) is 30.9 Å². The van der Waals surface area contributed by atoms with Gasteiger partial charge in [-0.25, -0.2) is 9.18 Å². The number of hydrogen-bond acceptors (Lipinski definition) is 3. The van der Waals surface area contributed by atoms with Gasteiger partial charge in [0, 0.05) is 11.8 Å². The lowest BCUT2D eigenvalue weighted by Gasteiger charge is -2.13. The molecular formula is C20H20FNO3. The van der Waals surface area contributed by atoms with Crippen molar-refractivity contribution in [1.29, 1.82) is 0 Å². The van der Waals surface area contributed by atoms with E-state index in [9.17, 15) is 14.0 Å². The van der Waals surface area contributed by atoms with Crippen LogP contribution in [0.15, 0.2) is 54.6 Å². The summed E-state index contributed by atoms with van der Waals surface area (Å²) in [4.78, 5) is 23.6. The number of esters is 1. The number of hydrogen-bond donors (Lipinski definition) is 1. The Morgan fingerprint density at radius 3 is 2.48 bits per heavy atom. The first-order valence-corrected chi connectivity index (χ1v) is 7.95. The number of amides is 1. The van der Waals surface area contributed by atoms with Crippen molar-refractivity contribution in [2.24, 2.45) is 0 Å². The molecule has 0 bridgehead atoms. The number of rotatable bonds is 6. The molecule has 5 heteroatoms. The minimum Gasteiger partial charge on any atom is -0.452 e. The quantitative estimate of drug-likeness (QED) is 0.634. The van der Waals surface area contributed by atoms with Crippen LogP contribution >= 0.6 is 0 Å². The number of benzene rings is 2. The lowest BCUT2D eigenvalue weighted by molar-refractivity contribution is -0.142. The van der Waals surface area contributed by atoms with Gasteiger partial charge < -0.3 is 10.1 Å². The van der Waals surface area contributed by atoms with Crippen LogP contribution in [0.2, 0.25) is 0 Å². The second-order valence-corrected chi connectivity index (χ2v) is 5.78. The van der Waals surface area contributed by atoms with E-state index in [1.54, 1.807) is 0 Å². The molecule has 25 heavy (non-hydrogen) atoms. The average Bonchev–Trinajstić information content (AvgIpc) is 2.59. The Labute approximate surface area is 146 Å². The highest BCUT2D eigenvalue weighted by Crippen LogP contribution is 2.23. The second-order valence-electron chi connectivity index (χ2n) is 5.78. The monoisotopic (exact) mass is 341 g/mol.